The molecule has 0 aromatic rings. The molecule has 2 nitrogen and oxygen atoms in total. The molecule has 2 atom stereocenters. The summed E-state index contributed by atoms with van der Waals surface area (Å²) in [5.74, 6) is 0. The molecule has 0 radical (unpaired) electrons. The Labute approximate surface area is 82.3 Å². The number of aliphatic hydroxyl groups is 1. The van der Waals surface area contributed by atoms with Crippen LogP contribution in [0.5, 0.6) is 0 Å². The van der Waals surface area contributed by atoms with Crippen LogP contribution >= 0.6 is 0 Å². The van der Waals surface area contributed by atoms with E-state index in [-0.39, 0.29) is 6.10 Å². The van der Waals surface area contributed by atoms with E-state index in [9.17, 15) is 5.11 Å². The van der Waals surface area contributed by atoms with Gasteiger partial charge in [0.1, 0.15) is 0 Å². The second-order valence-corrected chi connectivity index (χ2v) is 3.67. The predicted octanol–water partition coefficient (Wildman–Crippen LogP) is 2.74. The summed E-state index contributed by atoms with van der Waals surface area (Å²) in [7, 11) is 0. The summed E-state index contributed by atoms with van der Waals surface area (Å²) in [5, 5.41) is 9.27. The van der Waals surface area contributed by atoms with Gasteiger partial charge < -0.3 is 9.84 Å². The molecule has 2 unspecified atom stereocenters. The van der Waals surface area contributed by atoms with Crippen molar-refractivity contribution in [2.75, 3.05) is 6.61 Å². The van der Waals surface area contributed by atoms with Gasteiger partial charge in [-0.15, -0.1) is 0 Å². The largest absolute Gasteiger partial charge is 0.393 e. The summed E-state index contributed by atoms with van der Waals surface area (Å²) in [4.78, 5) is 0. The summed E-state index contributed by atoms with van der Waals surface area (Å²) in [6.07, 6.45) is 5.26. The molecule has 0 saturated heterocycles. The second kappa shape index (κ2) is 8.52. The quantitative estimate of drug-likeness (QED) is 0.593. The lowest BCUT2D eigenvalue weighted by atomic mass is 10.1. The molecule has 0 aliphatic heterocycles. The summed E-state index contributed by atoms with van der Waals surface area (Å²) in [6.45, 7) is 7.07. The fourth-order valence-corrected chi connectivity index (χ4v) is 1.30. The van der Waals surface area contributed by atoms with Crippen LogP contribution in [0, 0.1) is 0 Å². The minimum atomic E-state index is -0.134. The monoisotopic (exact) mass is 188 g/mol. The second-order valence-electron chi connectivity index (χ2n) is 3.67. The van der Waals surface area contributed by atoms with Gasteiger partial charge in [-0.25, -0.2) is 0 Å². The molecular formula is C11H24O2. The summed E-state index contributed by atoms with van der Waals surface area (Å²) in [6, 6.07) is 0. The standard InChI is InChI=1S/C11H24O2/c1-4-7-10(3)13-9-6-8-11(12)5-2/h10-12H,4-9H2,1-3H3. The highest BCUT2D eigenvalue weighted by Gasteiger charge is 2.02. The van der Waals surface area contributed by atoms with Gasteiger partial charge in [-0.2, -0.15) is 0 Å². The first-order valence-electron chi connectivity index (χ1n) is 5.50. The first kappa shape index (κ1) is 12.9. The molecule has 0 aliphatic rings. The van der Waals surface area contributed by atoms with Crippen LogP contribution in [0.2, 0.25) is 0 Å². The van der Waals surface area contributed by atoms with E-state index in [2.05, 4.69) is 13.8 Å². The van der Waals surface area contributed by atoms with Crippen molar-refractivity contribution in [3.05, 3.63) is 0 Å². The van der Waals surface area contributed by atoms with Gasteiger partial charge in [0.2, 0.25) is 0 Å². The Balaban J connectivity index is 3.15. The number of aliphatic hydroxyl groups excluding tert-OH is 1. The minimum Gasteiger partial charge on any atom is -0.393 e. The highest BCUT2D eigenvalue weighted by Crippen LogP contribution is 2.05. The van der Waals surface area contributed by atoms with E-state index in [1.807, 2.05) is 6.92 Å². The van der Waals surface area contributed by atoms with E-state index < -0.39 is 0 Å². The number of rotatable bonds is 8. The smallest absolute Gasteiger partial charge is 0.0546 e. The first-order valence-corrected chi connectivity index (χ1v) is 5.50. The molecule has 0 spiro atoms. The van der Waals surface area contributed by atoms with Gasteiger partial charge in [0, 0.05) is 6.61 Å². The Hall–Kier alpha value is -0.0800. The van der Waals surface area contributed by atoms with Crippen LogP contribution in [0.3, 0.4) is 0 Å². The Kier molecular flexibility index (Phi) is 8.46. The summed E-state index contributed by atoms with van der Waals surface area (Å²) >= 11 is 0. The lowest BCUT2D eigenvalue weighted by molar-refractivity contribution is 0.0487. The molecule has 0 aromatic heterocycles. The summed E-state index contributed by atoms with van der Waals surface area (Å²) < 4.78 is 5.57. The SMILES string of the molecule is CCCC(C)OCCCC(O)CC. The molecule has 0 heterocycles. The average molecular weight is 188 g/mol. The van der Waals surface area contributed by atoms with Crippen LogP contribution in [-0.2, 0) is 4.74 Å². The van der Waals surface area contributed by atoms with Gasteiger partial charge in [0.15, 0.2) is 0 Å². The maximum Gasteiger partial charge on any atom is 0.0546 e. The first-order chi connectivity index (χ1) is 6.20. The molecule has 0 fully saturated rings. The third-order valence-corrected chi connectivity index (χ3v) is 2.25. The zero-order chi connectivity index (χ0) is 10.1. The van der Waals surface area contributed by atoms with Crippen LogP contribution in [0.25, 0.3) is 0 Å². The molecular weight excluding hydrogens is 164 g/mol. The lowest BCUT2D eigenvalue weighted by Gasteiger charge is -2.12. The average Bonchev–Trinajstić information content (AvgIpc) is 2.12. The van der Waals surface area contributed by atoms with Crippen LogP contribution in [0.4, 0.5) is 0 Å². The van der Waals surface area contributed by atoms with E-state index in [1.165, 1.54) is 6.42 Å². The van der Waals surface area contributed by atoms with Crippen molar-refractivity contribution < 1.29 is 9.84 Å². The van der Waals surface area contributed by atoms with E-state index in [1.54, 1.807) is 0 Å². The van der Waals surface area contributed by atoms with Crippen molar-refractivity contribution in [3.8, 4) is 0 Å². The molecule has 1 N–H and O–H groups in total. The van der Waals surface area contributed by atoms with Crippen molar-refractivity contribution in [1.29, 1.82) is 0 Å². The predicted molar refractivity (Wildman–Crippen MR) is 55.9 cm³/mol. The fraction of sp³-hybridized carbons (Fsp3) is 1.00. The van der Waals surface area contributed by atoms with Gasteiger partial charge in [0.25, 0.3) is 0 Å². The Morgan fingerprint density at radius 3 is 2.46 bits per heavy atom. The van der Waals surface area contributed by atoms with Crippen LogP contribution < -0.4 is 0 Å². The van der Waals surface area contributed by atoms with Gasteiger partial charge in [-0.1, -0.05) is 20.3 Å². The highest BCUT2D eigenvalue weighted by molar-refractivity contribution is 4.53. The maximum absolute atomic E-state index is 9.27. The maximum atomic E-state index is 9.27. The number of ether oxygens (including phenoxy) is 1. The van der Waals surface area contributed by atoms with Gasteiger partial charge >= 0.3 is 0 Å². The van der Waals surface area contributed by atoms with E-state index in [0.717, 1.165) is 32.3 Å². The molecule has 0 aliphatic carbocycles. The van der Waals surface area contributed by atoms with Crippen molar-refractivity contribution >= 4 is 0 Å². The van der Waals surface area contributed by atoms with Gasteiger partial charge in [-0.3, -0.25) is 0 Å². The van der Waals surface area contributed by atoms with Crippen LogP contribution in [0.15, 0.2) is 0 Å². The Bertz CT molecular complexity index is 104. The third-order valence-electron chi connectivity index (χ3n) is 2.25. The van der Waals surface area contributed by atoms with Crippen molar-refractivity contribution in [1.82, 2.24) is 0 Å². The molecule has 0 rings (SSSR count). The molecule has 13 heavy (non-hydrogen) atoms. The molecule has 0 amide bonds. The summed E-state index contributed by atoms with van der Waals surface area (Å²) in [5.41, 5.74) is 0. The molecule has 0 bridgehead atoms. The lowest BCUT2D eigenvalue weighted by Crippen LogP contribution is -2.11. The third kappa shape index (κ3) is 8.26. The van der Waals surface area contributed by atoms with E-state index in [4.69, 9.17) is 4.74 Å². The van der Waals surface area contributed by atoms with Gasteiger partial charge in [0.05, 0.1) is 12.2 Å². The minimum absolute atomic E-state index is 0.134. The van der Waals surface area contributed by atoms with E-state index >= 15 is 0 Å². The topological polar surface area (TPSA) is 29.5 Å². The van der Waals surface area contributed by atoms with Crippen LogP contribution in [-0.4, -0.2) is 23.9 Å². The fourth-order valence-electron chi connectivity index (χ4n) is 1.30. The molecule has 0 saturated carbocycles. The van der Waals surface area contributed by atoms with Crippen LogP contribution in [0.1, 0.15) is 52.9 Å². The Morgan fingerprint density at radius 2 is 1.92 bits per heavy atom. The number of hydrogen-bond donors (Lipinski definition) is 1. The van der Waals surface area contributed by atoms with Crippen molar-refractivity contribution in [2.24, 2.45) is 0 Å². The van der Waals surface area contributed by atoms with Gasteiger partial charge in [-0.05, 0) is 32.6 Å². The van der Waals surface area contributed by atoms with Crippen molar-refractivity contribution in [3.63, 3.8) is 0 Å². The molecule has 80 valence electrons. The number of hydrogen-bond acceptors (Lipinski definition) is 2. The molecule has 0 aromatic carbocycles. The zero-order valence-corrected chi connectivity index (χ0v) is 9.25. The molecule has 2 heteroatoms. The Morgan fingerprint density at radius 1 is 1.23 bits per heavy atom. The van der Waals surface area contributed by atoms with E-state index in [0.29, 0.717) is 6.10 Å². The highest BCUT2D eigenvalue weighted by atomic mass is 16.5. The van der Waals surface area contributed by atoms with Crippen molar-refractivity contribution in [2.45, 2.75) is 65.1 Å². The normalized spacial score (nSPS) is 15.7. The zero-order valence-electron chi connectivity index (χ0n) is 9.25.